The van der Waals surface area contributed by atoms with E-state index in [1.807, 2.05) is 30.3 Å². The van der Waals surface area contributed by atoms with E-state index < -0.39 is 41.6 Å². The number of amides is 2. The minimum absolute atomic E-state index is 0.169. The van der Waals surface area contributed by atoms with Crippen LogP contribution in [0.5, 0.6) is 0 Å². The molecular weight excluding hydrogens is 576 g/mol. The highest BCUT2D eigenvalue weighted by Crippen LogP contribution is 2.17. The van der Waals surface area contributed by atoms with Gasteiger partial charge in [0.2, 0.25) is 0 Å². The summed E-state index contributed by atoms with van der Waals surface area (Å²) in [6, 6.07) is 7.90. The third-order valence-corrected chi connectivity index (χ3v) is 8.13. The van der Waals surface area contributed by atoms with Crippen LogP contribution < -0.4 is 10.6 Å². The van der Waals surface area contributed by atoms with Crippen molar-refractivity contribution in [2.75, 3.05) is 20.3 Å². The van der Waals surface area contributed by atoms with E-state index >= 15 is 0 Å². The Balaban J connectivity index is 2.25. The molecule has 0 aliphatic rings. The van der Waals surface area contributed by atoms with E-state index in [1.165, 1.54) is 77.0 Å². The molecular formula is C35H60N2O8. The molecule has 0 aliphatic carbocycles. The van der Waals surface area contributed by atoms with E-state index in [1.54, 1.807) is 0 Å². The van der Waals surface area contributed by atoms with Crippen molar-refractivity contribution in [3.8, 4) is 0 Å². The van der Waals surface area contributed by atoms with Crippen LogP contribution in [0, 0.1) is 0 Å². The highest BCUT2D eigenvalue weighted by Gasteiger charge is 2.46. The van der Waals surface area contributed by atoms with E-state index in [0.29, 0.717) is 13.0 Å². The maximum Gasteiger partial charge on any atom is 0.330 e. The van der Waals surface area contributed by atoms with E-state index in [2.05, 4.69) is 17.6 Å². The SMILES string of the molecule is CCCCCCCCCCCCCCCCCCNC(=O)C(O)C(C)(O)C(O)C(=O)NC(COCc1ccccc1)C(=O)OC. The summed E-state index contributed by atoms with van der Waals surface area (Å²) in [5.41, 5.74) is -1.67. The predicted octanol–water partition coefficient (Wildman–Crippen LogP) is 4.71. The number of unbranched alkanes of at least 4 members (excludes halogenated alkanes) is 15. The topological polar surface area (TPSA) is 154 Å². The molecule has 2 amide bonds. The Kier molecular flexibility index (Phi) is 22.2. The maximum atomic E-state index is 12.7. The van der Waals surface area contributed by atoms with Gasteiger partial charge in [-0.1, -0.05) is 134 Å². The molecule has 0 aliphatic heterocycles. The molecule has 4 atom stereocenters. The number of benzene rings is 1. The highest BCUT2D eigenvalue weighted by molar-refractivity contribution is 5.89. The maximum absolute atomic E-state index is 12.7. The second-order valence-corrected chi connectivity index (χ2v) is 12.2. The molecule has 0 radical (unpaired) electrons. The molecule has 45 heavy (non-hydrogen) atoms. The molecule has 10 heteroatoms. The summed E-state index contributed by atoms with van der Waals surface area (Å²) in [7, 11) is 1.14. The Morgan fingerprint density at radius 1 is 0.756 bits per heavy atom. The van der Waals surface area contributed by atoms with Crippen LogP contribution in [-0.4, -0.2) is 77.2 Å². The van der Waals surface area contributed by atoms with Crippen molar-refractivity contribution in [3.05, 3.63) is 35.9 Å². The first-order valence-corrected chi connectivity index (χ1v) is 17.0. The van der Waals surface area contributed by atoms with Crippen molar-refractivity contribution < 1.29 is 39.2 Å². The monoisotopic (exact) mass is 636 g/mol. The minimum Gasteiger partial charge on any atom is -0.467 e. The minimum atomic E-state index is -2.52. The van der Waals surface area contributed by atoms with Crippen molar-refractivity contribution in [2.24, 2.45) is 0 Å². The Hall–Kier alpha value is -2.53. The van der Waals surface area contributed by atoms with Gasteiger partial charge in [-0.25, -0.2) is 4.79 Å². The Morgan fingerprint density at radius 2 is 1.22 bits per heavy atom. The van der Waals surface area contributed by atoms with Crippen LogP contribution in [0.4, 0.5) is 0 Å². The molecule has 0 saturated heterocycles. The molecule has 258 valence electrons. The van der Waals surface area contributed by atoms with E-state index in [-0.39, 0.29) is 13.2 Å². The van der Waals surface area contributed by atoms with Crippen LogP contribution >= 0.6 is 0 Å². The molecule has 0 aromatic heterocycles. The molecule has 1 rings (SSSR count). The number of esters is 1. The zero-order chi connectivity index (χ0) is 33.3. The van der Waals surface area contributed by atoms with Crippen LogP contribution in [0.15, 0.2) is 30.3 Å². The molecule has 0 heterocycles. The largest absolute Gasteiger partial charge is 0.467 e. The molecule has 1 aromatic rings. The Labute approximate surface area is 270 Å². The van der Waals surface area contributed by atoms with Crippen molar-refractivity contribution in [1.29, 1.82) is 0 Å². The molecule has 10 nitrogen and oxygen atoms in total. The van der Waals surface area contributed by atoms with Gasteiger partial charge in [0.15, 0.2) is 18.2 Å². The number of ether oxygens (including phenoxy) is 2. The number of nitrogens with one attached hydrogen (secondary N) is 2. The van der Waals surface area contributed by atoms with Gasteiger partial charge in [0.05, 0.1) is 20.3 Å². The molecule has 0 fully saturated rings. The zero-order valence-corrected chi connectivity index (χ0v) is 27.9. The smallest absolute Gasteiger partial charge is 0.330 e. The number of aliphatic hydroxyl groups is 3. The predicted molar refractivity (Wildman–Crippen MR) is 175 cm³/mol. The van der Waals surface area contributed by atoms with Gasteiger partial charge in [-0.3, -0.25) is 9.59 Å². The number of methoxy groups -OCH3 is 1. The first kappa shape index (κ1) is 40.5. The average Bonchev–Trinajstić information content (AvgIpc) is 3.04. The number of hydrogen-bond acceptors (Lipinski definition) is 8. The summed E-state index contributed by atoms with van der Waals surface area (Å²) in [6.45, 7) is 3.44. The third-order valence-electron chi connectivity index (χ3n) is 8.13. The van der Waals surface area contributed by atoms with Gasteiger partial charge in [-0.2, -0.15) is 0 Å². The van der Waals surface area contributed by atoms with E-state index in [0.717, 1.165) is 38.9 Å². The summed E-state index contributed by atoms with van der Waals surface area (Å²) < 4.78 is 10.2. The molecule has 0 saturated carbocycles. The third kappa shape index (κ3) is 17.7. The van der Waals surface area contributed by atoms with Crippen LogP contribution in [-0.2, 0) is 30.5 Å². The van der Waals surface area contributed by atoms with Gasteiger partial charge in [-0.15, -0.1) is 0 Å². The van der Waals surface area contributed by atoms with Crippen LogP contribution in [0.25, 0.3) is 0 Å². The lowest BCUT2D eigenvalue weighted by Gasteiger charge is -2.32. The average molecular weight is 637 g/mol. The summed E-state index contributed by atoms with van der Waals surface area (Å²) >= 11 is 0. The van der Waals surface area contributed by atoms with Gasteiger partial charge < -0.3 is 35.4 Å². The van der Waals surface area contributed by atoms with Gasteiger partial charge in [0.25, 0.3) is 11.8 Å². The van der Waals surface area contributed by atoms with Crippen LogP contribution in [0.2, 0.25) is 0 Å². The molecule has 4 unspecified atom stereocenters. The van der Waals surface area contributed by atoms with Gasteiger partial charge in [0, 0.05) is 6.54 Å². The Morgan fingerprint density at radius 3 is 1.71 bits per heavy atom. The first-order chi connectivity index (χ1) is 21.6. The van der Waals surface area contributed by atoms with Crippen molar-refractivity contribution in [3.63, 3.8) is 0 Å². The van der Waals surface area contributed by atoms with Crippen LogP contribution in [0.3, 0.4) is 0 Å². The lowest BCUT2D eigenvalue weighted by molar-refractivity contribution is -0.171. The lowest BCUT2D eigenvalue weighted by atomic mass is 9.90. The zero-order valence-electron chi connectivity index (χ0n) is 27.9. The van der Waals surface area contributed by atoms with Gasteiger partial charge >= 0.3 is 5.97 Å². The number of aliphatic hydroxyl groups excluding tert-OH is 2. The highest BCUT2D eigenvalue weighted by atomic mass is 16.5. The molecule has 0 spiro atoms. The second-order valence-electron chi connectivity index (χ2n) is 12.2. The summed E-state index contributed by atoms with van der Waals surface area (Å²) in [6.07, 6.45) is 15.5. The molecule has 0 bridgehead atoms. The van der Waals surface area contributed by atoms with Crippen molar-refractivity contribution in [1.82, 2.24) is 10.6 Å². The fourth-order valence-electron chi connectivity index (χ4n) is 5.09. The quantitative estimate of drug-likeness (QED) is 0.0687. The summed E-state index contributed by atoms with van der Waals surface area (Å²) in [5.74, 6) is -2.88. The van der Waals surface area contributed by atoms with Crippen molar-refractivity contribution >= 4 is 17.8 Å². The Bertz CT molecular complexity index is 927. The summed E-state index contributed by atoms with van der Waals surface area (Å²) in [4.78, 5) is 37.3. The fraction of sp³-hybridized carbons (Fsp3) is 0.743. The van der Waals surface area contributed by atoms with Gasteiger partial charge in [0.1, 0.15) is 5.60 Å². The number of carbonyl (C=O) groups is 3. The normalized spacial score (nSPS) is 14.6. The molecule has 1 aromatic carbocycles. The first-order valence-electron chi connectivity index (χ1n) is 17.0. The number of hydrogen-bond donors (Lipinski definition) is 5. The number of rotatable bonds is 27. The van der Waals surface area contributed by atoms with Crippen LogP contribution in [0.1, 0.15) is 122 Å². The molecule has 5 N–H and O–H groups in total. The van der Waals surface area contributed by atoms with Crippen molar-refractivity contribution in [2.45, 2.75) is 147 Å². The second kappa shape index (κ2) is 24.7. The number of carbonyl (C=O) groups excluding carboxylic acids is 3. The van der Waals surface area contributed by atoms with E-state index in [9.17, 15) is 29.7 Å². The van der Waals surface area contributed by atoms with Gasteiger partial charge in [-0.05, 0) is 18.9 Å². The summed E-state index contributed by atoms with van der Waals surface area (Å²) in [5, 5.41) is 36.5. The van der Waals surface area contributed by atoms with E-state index in [4.69, 9.17) is 9.47 Å². The standard InChI is InChI=1S/C35H60N2O8/c1-4-5-6-7-8-9-10-11-12-13-14-15-16-17-18-22-25-36-32(40)30(38)35(2,43)31(39)33(41)37-29(34(42)44-3)27-45-26-28-23-20-19-21-24-28/h19-21,23-24,29-31,38-39,43H,4-18,22,25-27H2,1-3H3,(H,36,40)(H,37,41). The fourth-order valence-corrected chi connectivity index (χ4v) is 5.09. The lowest BCUT2D eigenvalue weighted by Crippen LogP contribution is -2.62.